The number of halogens is 1. The number of rotatable bonds is 3. The van der Waals surface area contributed by atoms with Gasteiger partial charge in [0.1, 0.15) is 30.1 Å². The van der Waals surface area contributed by atoms with E-state index in [9.17, 15) is 4.39 Å². The number of anilines is 1. The Labute approximate surface area is 121 Å². The highest BCUT2D eigenvalue weighted by molar-refractivity contribution is 5.60. The van der Waals surface area contributed by atoms with Crippen molar-refractivity contribution in [2.75, 3.05) is 24.6 Å². The van der Waals surface area contributed by atoms with Crippen LogP contribution in [-0.4, -0.2) is 40.6 Å². The Bertz CT molecular complexity index is 652. The van der Waals surface area contributed by atoms with Crippen molar-refractivity contribution in [3.05, 3.63) is 42.2 Å². The molecule has 0 saturated carbocycles. The first-order chi connectivity index (χ1) is 10.3. The first kappa shape index (κ1) is 13.5. The van der Waals surface area contributed by atoms with Gasteiger partial charge in [-0.1, -0.05) is 6.07 Å². The zero-order valence-corrected chi connectivity index (χ0v) is 11.3. The molecule has 2 aromatic rings. The van der Waals surface area contributed by atoms with Crippen molar-refractivity contribution in [2.45, 2.75) is 12.6 Å². The molecule has 1 aromatic carbocycles. The minimum Gasteiger partial charge on any atom is -0.373 e. The SMILES string of the molecule is N#Cc1c(F)cccc1N1CCO[C@H](Cn2cncn2)C1. The van der Waals surface area contributed by atoms with Gasteiger partial charge in [-0.15, -0.1) is 0 Å². The van der Waals surface area contributed by atoms with Crippen LogP contribution in [0.5, 0.6) is 0 Å². The van der Waals surface area contributed by atoms with Crippen molar-refractivity contribution in [2.24, 2.45) is 0 Å². The summed E-state index contributed by atoms with van der Waals surface area (Å²) in [5.41, 5.74) is 0.697. The van der Waals surface area contributed by atoms with Crippen molar-refractivity contribution in [1.82, 2.24) is 14.8 Å². The summed E-state index contributed by atoms with van der Waals surface area (Å²) in [6, 6.07) is 6.62. The van der Waals surface area contributed by atoms with E-state index in [2.05, 4.69) is 10.1 Å². The van der Waals surface area contributed by atoms with Crippen molar-refractivity contribution < 1.29 is 9.13 Å². The second-order valence-corrected chi connectivity index (χ2v) is 4.80. The van der Waals surface area contributed by atoms with Crippen LogP contribution in [0.15, 0.2) is 30.9 Å². The molecule has 1 fully saturated rings. The molecule has 21 heavy (non-hydrogen) atoms. The van der Waals surface area contributed by atoms with Crippen LogP contribution in [0.4, 0.5) is 10.1 Å². The highest BCUT2D eigenvalue weighted by Gasteiger charge is 2.24. The first-order valence-electron chi connectivity index (χ1n) is 6.65. The van der Waals surface area contributed by atoms with Crippen molar-refractivity contribution >= 4 is 5.69 Å². The third kappa shape index (κ3) is 2.85. The maximum atomic E-state index is 13.7. The highest BCUT2D eigenvalue weighted by Crippen LogP contribution is 2.24. The maximum absolute atomic E-state index is 13.7. The Morgan fingerprint density at radius 2 is 2.38 bits per heavy atom. The van der Waals surface area contributed by atoms with Gasteiger partial charge in [-0.2, -0.15) is 10.4 Å². The van der Waals surface area contributed by atoms with Crippen LogP contribution in [0.25, 0.3) is 0 Å². The van der Waals surface area contributed by atoms with Gasteiger partial charge in [-0.25, -0.2) is 9.37 Å². The van der Waals surface area contributed by atoms with Gasteiger partial charge in [0.15, 0.2) is 0 Å². The molecule has 0 aliphatic carbocycles. The fourth-order valence-electron chi connectivity index (χ4n) is 2.47. The largest absolute Gasteiger partial charge is 0.373 e. The second kappa shape index (κ2) is 5.89. The molecule has 6 nitrogen and oxygen atoms in total. The standard InChI is InChI=1S/C14H14FN5O/c15-13-2-1-3-14(12(13)6-16)19-4-5-21-11(7-19)8-20-10-17-9-18-20/h1-3,9-11H,4-5,7-8H2/t11-/m0/s1. The molecule has 0 spiro atoms. The quantitative estimate of drug-likeness (QED) is 0.848. The summed E-state index contributed by atoms with van der Waals surface area (Å²) in [7, 11) is 0. The molecular formula is C14H14FN5O. The molecule has 1 saturated heterocycles. The monoisotopic (exact) mass is 287 g/mol. The van der Waals surface area contributed by atoms with E-state index in [-0.39, 0.29) is 11.7 Å². The van der Waals surface area contributed by atoms with Gasteiger partial charge in [-0.3, -0.25) is 4.68 Å². The normalized spacial score (nSPS) is 18.5. The highest BCUT2D eigenvalue weighted by atomic mass is 19.1. The van der Waals surface area contributed by atoms with E-state index in [0.29, 0.717) is 31.9 Å². The molecule has 0 bridgehead atoms. The Morgan fingerprint density at radius 3 is 3.14 bits per heavy atom. The fraction of sp³-hybridized carbons (Fsp3) is 0.357. The molecule has 0 radical (unpaired) electrons. The number of hydrogen-bond donors (Lipinski definition) is 0. The minimum atomic E-state index is -0.491. The summed E-state index contributed by atoms with van der Waals surface area (Å²) in [6.45, 7) is 2.32. The molecule has 0 unspecified atom stereocenters. The van der Waals surface area contributed by atoms with Crippen molar-refractivity contribution in [3.63, 3.8) is 0 Å². The zero-order chi connectivity index (χ0) is 14.7. The van der Waals surface area contributed by atoms with Crippen LogP contribution in [-0.2, 0) is 11.3 Å². The van der Waals surface area contributed by atoms with E-state index in [1.165, 1.54) is 12.4 Å². The fourth-order valence-corrected chi connectivity index (χ4v) is 2.47. The molecule has 0 amide bonds. The average Bonchev–Trinajstić information content (AvgIpc) is 3.00. The second-order valence-electron chi connectivity index (χ2n) is 4.80. The Kier molecular flexibility index (Phi) is 3.79. The van der Waals surface area contributed by atoms with Gasteiger partial charge < -0.3 is 9.64 Å². The number of benzene rings is 1. The van der Waals surface area contributed by atoms with E-state index in [1.807, 2.05) is 11.0 Å². The Hall–Kier alpha value is -2.46. The molecule has 0 N–H and O–H groups in total. The third-order valence-electron chi connectivity index (χ3n) is 3.44. The molecule has 3 rings (SSSR count). The predicted molar refractivity (Wildman–Crippen MR) is 73.1 cm³/mol. The lowest BCUT2D eigenvalue weighted by Crippen LogP contribution is -2.44. The molecular weight excluding hydrogens is 273 g/mol. The molecule has 108 valence electrons. The summed E-state index contributed by atoms with van der Waals surface area (Å²) in [4.78, 5) is 5.87. The summed E-state index contributed by atoms with van der Waals surface area (Å²) >= 11 is 0. The number of aromatic nitrogens is 3. The lowest BCUT2D eigenvalue weighted by Gasteiger charge is -2.34. The third-order valence-corrected chi connectivity index (χ3v) is 3.44. The topological polar surface area (TPSA) is 67.0 Å². The predicted octanol–water partition coefficient (Wildman–Crippen LogP) is 1.19. The van der Waals surface area contributed by atoms with Crippen LogP contribution in [0, 0.1) is 17.1 Å². The van der Waals surface area contributed by atoms with Crippen LogP contribution in [0.3, 0.4) is 0 Å². The lowest BCUT2D eigenvalue weighted by atomic mass is 10.1. The summed E-state index contributed by atoms with van der Waals surface area (Å²) in [5, 5.41) is 13.2. The minimum absolute atomic E-state index is 0.0738. The molecule has 7 heteroatoms. The van der Waals surface area contributed by atoms with Crippen LogP contribution in [0.2, 0.25) is 0 Å². The van der Waals surface area contributed by atoms with Crippen molar-refractivity contribution in [3.8, 4) is 6.07 Å². The Morgan fingerprint density at radius 1 is 1.48 bits per heavy atom. The maximum Gasteiger partial charge on any atom is 0.143 e. The van der Waals surface area contributed by atoms with Gasteiger partial charge in [0.25, 0.3) is 0 Å². The molecule has 1 aromatic heterocycles. The number of hydrogen-bond acceptors (Lipinski definition) is 5. The summed E-state index contributed by atoms with van der Waals surface area (Å²) < 4.78 is 21.1. The molecule has 1 aliphatic heterocycles. The van der Waals surface area contributed by atoms with Gasteiger partial charge in [0.2, 0.25) is 0 Å². The van der Waals surface area contributed by atoms with Crippen LogP contribution >= 0.6 is 0 Å². The number of nitrogens with zero attached hydrogens (tertiary/aromatic N) is 5. The van der Waals surface area contributed by atoms with E-state index in [0.717, 1.165) is 0 Å². The number of ether oxygens (including phenoxy) is 1. The van der Waals surface area contributed by atoms with Crippen LogP contribution < -0.4 is 4.90 Å². The van der Waals surface area contributed by atoms with E-state index < -0.39 is 5.82 Å². The van der Waals surface area contributed by atoms with Gasteiger partial charge in [0, 0.05) is 13.1 Å². The lowest BCUT2D eigenvalue weighted by molar-refractivity contribution is 0.0273. The Balaban J connectivity index is 1.77. The summed E-state index contributed by atoms with van der Waals surface area (Å²) in [6.07, 6.45) is 3.03. The molecule has 1 atom stereocenters. The molecule has 1 aliphatic rings. The molecule has 2 heterocycles. The van der Waals surface area contributed by atoms with Gasteiger partial charge >= 0.3 is 0 Å². The van der Waals surface area contributed by atoms with Gasteiger partial charge in [0.05, 0.1) is 24.9 Å². The average molecular weight is 287 g/mol. The smallest absolute Gasteiger partial charge is 0.143 e. The van der Waals surface area contributed by atoms with E-state index >= 15 is 0 Å². The first-order valence-corrected chi connectivity index (χ1v) is 6.65. The number of nitriles is 1. The zero-order valence-electron chi connectivity index (χ0n) is 11.3. The van der Waals surface area contributed by atoms with Crippen molar-refractivity contribution in [1.29, 1.82) is 5.26 Å². The van der Waals surface area contributed by atoms with Gasteiger partial charge in [-0.05, 0) is 12.1 Å². The number of morpholine rings is 1. The van der Waals surface area contributed by atoms with E-state index in [4.69, 9.17) is 10.00 Å². The van der Waals surface area contributed by atoms with Crippen LogP contribution in [0.1, 0.15) is 5.56 Å². The summed E-state index contributed by atoms with van der Waals surface area (Å²) in [5.74, 6) is -0.491. The van der Waals surface area contributed by atoms with E-state index in [1.54, 1.807) is 23.1 Å².